The molecular formula is C11H16ClFN2O. The molecule has 0 aliphatic carbocycles. The zero-order valence-electron chi connectivity index (χ0n) is 9.16. The van der Waals surface area contributed by atoms with E-state index < -0.39 is 0 Å². The highest BCUT2D eigenvalue weighted by Crippen LogP contribution is 2.16. The van der Waals surface area contributed by atoms with Gasteiger partial charge in [-0.1, -0.05) is 11.6 Å². The third-order valence-electron chi connectivity index (χ3n) is 2.23. The van der Waals surface area contributed by atoms with Crippen molar-refractivity contribution < 1.29 is 9.50 Å². The Morgan fingerprint density at radius 2 is 2.25 bits per heavy atom. The summed E-state index contributed by atoms with van der Waals surface area (Å²) in [4.78, 5) is 1.84. The van der Waals surface area contributed by atoms with E-state index in [0.717, 1.165) is 0 Å². The van der Waals surface area contributed by atoms with Gasteiger partial charge in [0.2, 0.25) is 0 Å². The van der Waals surface area contributed by atoms with Gasteiger partial charge >= 0.3 is 0 Å². The van der Waals surface area contributed by atoms with E-state index in [9.17, 15) is 4.39 Å². The molecule has 0 aromatic heterocycles. The molecule has 0 aliphatic heterocycles. The number of rotatable bonds is 5. The van der Waals surface area contributed by atoms with Crippen LogP contribution < -0.4 is 5.73 Å². The Balaban J connectivity index is 2.61. The summed E-state index contributed by atoms with van der Waals surface area (Å²) in [6, 6.07) is 4.14. The maximum Gasteiger partial charge on any atom is 0.127 e. The van der Waals surface area contributed by atoms with Gasteiger partial charge in [0.1, 0.15) is 5.82 Å². The molecule has 1 atom stereocenters. The number of halogens is 2. The number of nitrogens with zero attached hydrogens (tertiary/aromatic N) is 1. The molecule has 1 unspecified atom stereocenters. The van der Waals surface area contributed by atoms with E-state index in [4.69, 9.17) is 22.4 Å². The first kappa shape index (κ1) is 13.4. The van der Waals surface area contributed by atoms with Crippen molar-refractivity contribution in [3.8, 4) is 0 Å². The van der Waals surface area contributed by atoms with Crippen LogP contribution in [0.5, 0.6) is 0 Å². The summed E-state index contributed by atoms with van der Waals surface area (Å²) in [5.74, 6) is -0.284. The van der Waals surface area contributed by atoms with Gasteiger partial charge in [-0.2, -0.15) is 0 Å². The number of nitrogens with two attached hydrogens (primary N) is 1. The van der Waals surface area contributed by atoms with Crippen LogP contribution in [-0.2, 0) is 6.54 Å². The van der Waals surface area contributed by atoms with E-state index in [1.807, 2.05) is 11.9 Å². The quantitative estimate of drug-likeness (QED) is 0.822. The van der Waals surface area contributed by atoms with Crippen molar-refractivity contribution in [3.63, 3.8) is 0 Å². The van der Waals surface area contributed by atoms with E-state index in [1.165, 1.54) is 12.1 Å². The minimum absolute atomic E-state index is 0.0810. The Kier molecular flexibility index (Phi) is 5.15. The number of hydrogen-bond acceptors (Lipinski definition) is 3. The Hall–Kier alpha value is -0.680. The maximum atomic E-state index is 13.4. The van der Waals surface area contributed by atoms with Crippen LogP contribution in [0.15, 0.2) is 18.2 Å². The lowest BCUT2D eigenvalue weighted by Crippen LogP contribution is -2.37. The Labute approximate surface area is 99.6 Å². The van der Waals surface area contributed by atoms with E-state index in [2.05, 4.69) is 0 Å². The summed E-state index contributed by atoms with van der Waals surface area (Å²) in [5, 5.41) is 9.31. The van der Waals surface area contributed by atoms with Crippen molar-refractivity contribution in [2.45, 2.75) is 12.6 Å². The summed E-state index contributed by atoms with van der Waals surface area (Å²) in [6.45, 7) is 0.838. The van der Waals surface area contributed by atoms with Gasteiger partial charge in [-0.05, 0) is 25.2 Å². The fourth-order valence-corrected chi connectivity index (χ4v) is 1.67. The zero-order valence-corrected chi connectivity index (χ0v) is 9.91. The van der Waals surface area contributed by atoms with Gasteiger partial charge in [0.25, 0.3) is 0 Å². The third-order valence-corrected chi connectivity index (χ3v) is 2.46. The molecule has 0 bridgehead atoms. The standard InChI is InChI=1S/C11H16ClFN2O/c1-15(6-10(14)7-16)5-8-4-9(12)2-3-11(8)13/h2-4,10,16H,5-7,14H2,1H3. The minimum atomic E-state index is -0.313. The number of benzene rings is 1. The Bertz CT molecular complexity index is 349. The lowest BCUT2D eigenvalue weighted by Gasteiger charge is -2.20. The van der Waals surface area contributed by atoms with Crippen LogP contribution in [0.3, 0.4) is 0 Å². The molecule has 5 heteroatoms. The number of likely N-dealkylation sites (N-methyl/N-ethyl adjacent to an activating group) is 1. The first-order valence-electron chi connectivity index (χ1n) is 5.02. The fourth-order valence-electron chi connectivity index (χ4n) is 1.48. The van der Waals surface area contributed by atoms with Gasteiger partial charge in [-0.15, -0.1) is 0 Å². The van der Waals surface area contributed by atoms with E-state index in [1.54, 1.807) is 6.07 Å². The first-order valence-corrected chi connectivity index (χ1v) is 5.39. The molecule has 0 radical (unpaired) electrons. The maximum absolute atomic E-state index is 13.4. The molecule has 0 saturated heterocycles. The average Bonchev–Trinajstić information content (AvgIpc) is 2.23. The van der Waals surface area contributed by atoms with Crippen molar-refractivity contribution in [2.75, 3.05) is 20.2 Å². The molecule has 0 spiro atoms. The normalized spacial score (nSPS) is 13.1. The summed E-state index contributed by atoms with van der Waals surface area (Å²) in [6.07, 6.45) is 0. The van der Waals surface area contributed by atoms with Crippen molar-refractivity contribution >= 4 is 11.6 Å². The predicted octanol–water partition coefficient (Wildman–Crippen LogP) is 1.23. The van der Waals surface area contributed by atoms with Gasteiger partial charge in [-0.25, -0.2) is 4.39 Å². The Morgan fingerprint density at radius 3 is 2.88 bits per heavy atom. The van der Waals surface area contributed by atoms with Crippen molar-refractivity contribution in [1.29, 1.82) is 0 Å². The highest BCUT2D eigenvalue weighted by Gasteiger charge is 2.09. The largest absolute Gasteiger partial charge is 0.395 e. The molecule has 0 aliphatic rings. The Morgan fingerprint density at radius 1 is 1.56 bits per heavy atom. The van der Waals surface area contributed by atoms with Gasteiger partial charge in [0.15, 0.2) is 0 Å². The monoisotopic (exact) mass is 246 g/mol. The topological polar surface area (TPSA) is 49.5 Å². The van der Waals surface area contributed by atoms with Crippen LogP contribution in [0.2, 0.25) is 5.02 Å². The molecule has 0 amide bonds. The van der Waals surface area contributed by atoms with Gasteiger partial charge < -0.3 is 15.7 Å². The molecule has 0 heterocycles. The van der Waals surface area contributed by atoms with Crippen molar-refractivity contribution in [3.05, 3.63) is 34.6 Å². The summed E-state index contributed by atoms with van der Waals surface area (Å²) in [7, 11) is 1.82. The van der Waals surface area contributed by atoms with E-state index >= 15 is 0 Å². The molecule has 3 N–H and O–H groups in total. The lowest BCUT2D eigenvalue weighted by molar-refractivity contribution is 0.217. The summed E-state index contributed by atoms with van der Waals surface area (Å²) >= 11 is 5.78. The van der Waals surface area contributed by atoms with Gasteiger partial charge in [0, 0.05) is 29.7 Å². The highest BCUT2D eigenvalue weighted by molar-refractivity contribution is 6.30. The fraction of sp³-hybridized carbons (Fsp3) is 0.455. The number of aliphatic hydroxyl groups excluding tert-OH is 1. The SMILES string of the molecule is CN(Cc1cc(Cl)ccc1F)CC(N)CO. The molecule has 1 aromatic carbocycles. The van der Waals surface area contributed by atoms with Crippen LogP contribution in [0.25, 0.3) is 0 Å². The van der Waals surface area contributed by atoms with Gasteiger partial charge in [0.05, 0.1) is 6.61 Å². The van der Waals surface area contributed by atoms with Crippen LogP contribution in [0.1, 0.15) is 5.56 Å². The first-order chi connectivity index (χ1) is 7.52. The molecule has 0 saturated carbocycles. The van der Waals surface area contributed by atoms with Crippen molar-refractivity contribution in [2.24, 2.45) is 5.73 Å². The van der Waals surface area contributed by atoms with Crippen LogP contribution in [0, 0.1) is 5.82 Å². The second-order valence-corrected chi connectivity index (χ2v) is 4.31. The van der Waals surface area contributed by atoms with E-state index in [-0.39, 0.29) is 18.5 Å². The minimum Gasteiger partial charge on any atom is -0.395 e. The molecule has 90 valence electrons. The zero-order chi connectivity index (χ0) is 12.1. The van der Waals surface area contributed by atoms with Crippen LogP contribution in [-0.4, -0.2) is 36.2 Å². The predicted molar refractivity (Wildman–Crippen MR) is 62.8 cm³/mol. The molecule has 16 heavy (non-hydrogen) atoms. The highest BCUT2D eigenvalue weighted by atomic mass is 35.5. The second kappa shape index (κ2) is 6.15. The van der Waals surface area contributed by atoms with E-state index in [0.29, 0.717) is 23.7 Å². The molecular weight excluding hydrogens is 231 g/mol. The second-order valence-electron chi connectivity index (χ2n) is 3.88. The summed E-state index contributed by atoms with van der Waals surface area (Å²) in [5.41, 5.74) is 6.11. The lowest BCUT2D eigenvalue weighted by atomic mass is 10.2. The average molecular weight is 247 g/mol. The molecule has 1 aromatic rings. The third kappa shape index (κ3) is 4.06. The van der Waals surface area contributed by atoms with Gasteiger partial charge in [-0.3, -0.25) is 0 Å². The molecule has 0 fully saturated rings. The number of hydrogen-bond donors (Lipinski definition) is 2. The van der Waals surface area contributed by atoms with Crippen molar-refractivity contribution in [1.82, 2.24) is 4.90 Å². The van der Waals surface area contributed by atoms with Crippen LogP contribution in [0.4, 0.5) is 4.39 Å². The molecule has 1 rings (SSSR count). The summed E-state index contributed by atoms with van der Waals surface area (Å²) < 4.78 is 13.4. The smallest absolute Gasteiger partial charge is 0.127 e. The van der Waals surface area contributed by atoms with Crippen LogP contribution >= 0.6 is 11.6 Å². The molecule has 3 nitrogen and oxygen atoms in total. The number of aliphatic hydroxyl groups is 1.